The second-order valence-corrected chi connectivity index (χ2v) is 9.83. The molecule has 3 rings (SSSR count). The molecule has 0 saturated heterocycles. The van der Waals surface area contributed by atoms with Gasteiger partial charge in [0.05, 0.1) is 4.75 Å². The van der Waals surface area contributed by atoms with Crippen molar-refractivity contribution >= 4 is 33.1 Å². The van der Waals surface area contributed by atoms with E-state index < -0.39 is 11.0 Å². The van der Waals surface area contributed by atoms with Crippen molar-refractivity contribution < 1.29 is 4.21 Å². The van der Waals surface area contributed by atoms with Crippen LogP contribution in [0.15, 0.2) is 27.1 Å². The molecule has 1 fully saturated rings. The zero-order valence-corrected chi connectivity index (χ0v) is 14.6. The zero-order valence-electron chi connectivity index (χ0n) is 12.1. The van der Waals surface area contributed by atoms with Gasteiger partial charge in [0, 0.05) is 16.6 Å². The second kappa shape index (κ2) is 4.77. The first-order valence-corrected chi connectivity index (χ1v) is 8.96. The van der Waals surface area contributed by atoms with E-state index in [1.165, 1.54) is 24.0 Å². The Kier molecular flexibility index (Phi) is 3.45. The molecule has 2 atom stereocenters. The minimum absolute atomic E-state index is 0.286. The smallest absolute Gasteiger partial charge is 0.144 e. The van der Waals surface area contributed by atoms with Crippen molar-refractivity contribution in [3.63, 3.8) is 0 Å². The van der Waals surface area contributed by atoms with Crippen LogP contribution < -0.4 is 0 Å². The lowest BCUT2D eigenvalue weighted by atomic mass is 9.91. The van der Waals surface area contributed by atoms with Gasteiger partial charge in [0.25, 0.3) is 0 Å². The number of benzene rings is 1. The highest BCUT2D eigenvalue weighted by Gasteiger charge is 2.53. The molecule has 1 aromatic rings. The number of rotatable bonds is 2. The number of hydrogen-bond acceptors (Lipinski definition) is 1. The summed E-state index contributed by atoms with van der Waals surface area (Å²) in [5, 5.41) is 0. The SMILES string of the molecule is CC(C)(C)S(=O)N=CC1c2cc(Br)ccc2CC12CC2. The Morgan fingerprint density at radius 1 is 1.40 bits per heavy atom. The number of halogens is 1. The Hall–Kier alpha value is -0.480. The second-order valence-electron chi connectivity index (χ2n) is 6.98. The third-order valence-electron chi connectivity index (χ3n) is 4.37. The summed E-state index contributed by atoms with van der Waals surface area (Å²) in [6.07, 6.45) is 5.64. The summed E-state index contributed by atoms with van der Waals surface area (Å²) in [5.74, 6) is 0.335. The van der Waals surface area contributed by atoms with Gasteiger partial charge in [-0.15, -0.1) is 0 Å². The van der Waals surface area contributed by atoms with E-state index in [1.54, 1.807) is 0 Å². The lowest BCUT2D eigenvalue weighted by molar-refractivity contribution is 0.521. The molecule has 20 heavy (non-hydrogen) atoms. The van der Waals surface area contributed by atoms with E-state index in [2.05, 4.69) is 38.5 Å². The lowest BCUT2D eigenvalue weighted by Gasteiger charge is -2.17. The van der Waals surface area contributed by atoms with Crippen LogP contribution in [0.25, 0.3) is 0 Å². The third-order valence-corrected chi connectivity index (χ3v) is 6.22. The lowest BCUT2D eigenvalue weighted by Crippen LogP contribution is -2.20. The van der Waals surface area contributed by atoms with Gasteiger partial charge in [-0.1, -0.05) is 22.0 Å². The van der Waals surface area contributed by atoms with E-state index in [4.69, 9.17) is 0 Å². The molecule has 2 nitrogen and oxygen atoms in total. The van der Waals surface area contributed by atoms with Gasteiger partial charge in [-0.05, 0) is 68.7 Å². The van der Waals surface area contributed by atoms with Gasteiger partial charge in [0.15, 0.2) is 0 Å². The molecule has 0 heterocycles. The van der Waals surface area contributed by atoms with Crippen molar-refractivity contribution in [3.05, 3.63) is 33.8 Å². The maximum absolute atomic E-state index is 12.1. The van der Waals surface area contributed by atoms with Crippen LogP contribution in [0.1, 0.15) is 50.7 Å². The van der Waals surface area contributed by atoms with Crippen LogP contribution in [0.3, 0.4) is 0 Å². The molecule has 1 aromatic carbocycles. The van der Waals surface area contributed by atoms with E-state index in [0.717, 1.165) is 10.9 Å². The molecule has 2 aliphatic carbocycles. The average Bonchev–Trinajstić information content (AvgIpc) is 3.04. The Morgan fingerprint density at radius 2 is 2.10 bits per heavy atom. The van der Waals surface area contributed by atoms with Crippen LogP contribution in [0.2, 0.25) is 0 Å². The van der Waals surface area contributed by atoms with E-state index in [0.29, 0.717) is 11.3 Å². The molecule has 108 valence electrons. The summed E-state index contributed by atoms with van der Waals surface area (Å²) in [4.78, 5) is 0. The van der Waals surface area contributed by atoms with Crippen LogP contribution in [0.5, 0.6) is 0 Å². The van der Waals surface area contributed by atoms with Crippen LogP contribution in [-0.4, -0.2) is 15.2 Å². The van der Waals surface area contributed by atoms with Gasteiger partial charge in [0.1, 0.15) is 11.0 Å². The fourth-order valence-corrected chi connectivity index (χ4v) is 3.92. The number of fused-ring (bicyclic) bond motifs is 1. The Labute approximate surface area is 131 Å². The molecule has 0 N–H and O–H groups in total. The summed E-state index contributed by atoms with van der Waals surface area (Å²) < 4.78 is 17.3. The largest absolute Gasteiger partial charge is 0.234 e. The third kappa shape index (κ3) is 2.52. The van der Waals surface area contributed by atoms with Gasteiger partial charge in [0.2, 0.25) is 0 Å². The first-order valence-electron chi connectivity index (χ1n) is 7.06. The van der Waals surface area contributed by atoms with Crippen LogP contribution in [0, 0.1) is 5.41 Å². The van der Waals surface area contributed by atoms with Gasteiger partial charge in [-0.3, -0.25) is 0 Å². The molecule has 0 aromatic heterocycles. The van der Waals surface area contributed by atoms with E-state index in [1.807, 2.05) is 27.0 Å². The summed E-state index contributed by atoms with van der Waals surface area (Å²) in [6.45, 7) is 5.89. The van der Waals surface area contributed by atoms with E-state index in [-0.39, 0.29) is 4.75 Å². The van der Waals surface area contributed by atoms with Gasteiger partial charge < -0.3 is 0 Å². The van der Waals surface area contributed by atoms with Crippen molar-refractivity contribution in [2.45, 2.75) is 50.7 Å². The molecule has 0 amide bonds. The maximum atomic E-state index is 12.1. The standard InChI is InChI=1S/C16H20BrNOS/c1-15(2,3)20(19)18-10-14-13-8-12(17)5-4-11(13)9-16(14)6-7-16/h4-5,8,10,14H,6-7,9H2,1-3H3. The van der Waals surface area contributed by atoms with Crippen molar-refractivity contribution in [1.29, 1.82) is 0 Å². The zero-order chi connectivity index (χ0) is 14.5. The van der Waals surface area contributed by atoms with E-state index in [9.17, 15) is 4.21 Å². The molecule has 1 saturated carbocycles. The minimum Gasteiger partial charge on any atom is -0.234 e. The summed E-state index contributed by atoms with van der Waals surface area (Å²) in [7, 11) is -1.16. The van der Waals surface area contributed by atoms with Crippen LogP contribution in [0.4, 0.5) is 0 Å². The predicted molar refractivity (Wildman–Crippen MR) is 88.6 cm³/mol. The van der Waals surface area contributed by atoms with Gasteiger partial charge in [-0.2, -0.15) is 4.40 Å². The molecule has 0 radical (unpaired) electrons. The highest BCUT2D eigenvalue weighted by Crippen LogP contribution is 2.62. The van der Waals surface area contributed by atoms with Crippen molar-refractivity contribution in [2.75, 3.05) is 0 Å². The van der Waals surface area contributed by atoms with Gasteiger partial charge in [-0.25, -0.2) is 4.21 Å². The molecule has 0 aliphatic heterocycles. The van der Waals surface area contributed by atoms with Gasteiger partial charge >= 0.3 is 0 Å². The Bertz CT molecular complexity index is 599. The summed E-state index contributed by atoms with van der Waals surface area (Å²) in [5.41, 5.74) is 3.17. The first-order chi connectivity index (χ1) is 9.32. The summed E-state index contributed by atoms with van der Waals surface area (Å²) >= 11 is 3.56. The molecule has 4 heteroatoms. The molecule has 2 aliphatic rings. The molecule has 0 bridgehead atoms. The highest BCUT2D eigenvalue weighted by atomic mass is 79.9. The Morgan fingerprint density at radius 3 is 2.70 bits per heavy atom. The summed E-state index contributed by atoms with van der Waals surface area (Å²) in [6, 6.07) is 6.54. The molecular weight excluding hydrogens is 334 g/mol. The molecule has 1 spiro atoms. The number of nitrogens with zero attached hydrogens (tertiary/aromatic N) is 1. The normalized spacial score (nSPS) is 25.1. The van der Waals surface area contributed by atoms with E-state index >= 15 is 0 Å². The fourth-order valence-electron chi connectivity index (χ4n) is 3.00. The quantitative estimate of drug-likeness (QED) is 0.724. The number of hydrogen-bond donors (Lipinski definition) is 0. The average molecular weight is 354 g/mol. The molecule has 2 unspecified atom stereocenters. The van der Waals surface area contributed by atoms with Crippen LogP contribution in [-0.2, 0) is 17.4 Å². The van der Waals surface area contributed by atoms with Crippen molar-refractivity contribution in [1.82, 2.24) is 0 Å². The van der Waals surface area contributed by atoms with Crippen LogP contribution >= 0.6 is 15.9 Å². The topological polar surface area (TPSA) is 29.4 Å². The predicted octanol–water partition coefficient (Wildman–Crippen LogP) is 4.40. The Balaban J connectivity index is 1.91. The maximum Gasteiger partial charge on any atom is 0.144 e. The van der Waals surface area contributed by atoms with Crippen molar-refractivity contribution in [3.8, 4) is 0 Å². The molecular formula is C16H20BrNOS. The highest BCUT2D eigenvalue weighted by molar-refractivity contribution is 9.10. The monoisotopic (exact) mass is 353 g/mol. The minimum atomic E-state index is -1.16. The fraction of sp³-hybridized carbons (Fsp3) is 0.562. The van der Waals surface area contributed by atoms with Crippen molar-refractivity contribution in [2.24, 2.45) is 9.81 Å². The first kappa shape index (κ1) is 14.5.